The van der Waals surface area contributed by atoms with Crippen LogP contribution in [0.5, 0.6) is 5.75 Å². The molecule has 0 radical (unpaired) electrons. The van der Waals surface area contributed by atoms with Gasteiger partial charge in [0.15, 0.2) is 5.54 Å². The van der Waals surface area contributed by atoms with E-state index in [0.717, 1.165) is 11.7 Å². The van der Waals surface area contributed by atoms with E-state index in [-0.39, 0.29) is 11.9 Å². The number of ether oxygens (including phenoxy) is 1. The fraction of sp³-hybridized carbons (Fsp3) is 0.407. The Balaban J connectivity index is 1.32. The molecule has 5 aliphatic rings. The number of nitrogens with one attached hydrogen (secondary N) is 1. The molecule has 5 heteroatoms. The van der Waals surface area contributed by atoms with Crippen molar-refractivity contribution in [2.45, 2.75) is 49.7 Å². The molecule has 3 nitrogen and oxygen atoms in total. The molecular formula is C27H27FN2OS. The molecule has 0 aromatic heterocycles. The molecule has 3 fully saturated rings. The van der Waals surface area contributed by atoms with Crippen molar-refractivity contribution < 1.29 is 9.13 Å². The maximum absolute atomic E-state index is 13.3. The largest absolute Gasteiger partial charge is 0.492 e. The number of hydrogen-bond donors (Lipinski definition) is 1. The summed E-state index contributed by atoms with van der Waals surface area (Å²) in [5, 5.41) is 4.06. The molecule has 164 valence electrons. The predicted molar refractivity (Wildman–Crippen MR) is 127 cm³/mol. The van der Waals surface area contributed by atoms with E-state index < -0.39 is 5.54 Å². The summed E-state index contributed by atoms with van der Waals surface area (Å²) in [6.07, 6.45) is 2.46. The molecular weight excluding hydrogens is 419 g/mol. The minimum Gasteiger partial charge on any atom is -0.492 e. The third-order valence-corrected chi connectivity index (χ3v) is 8.65. The number of benzene rings is 2. The summed E-state index contributed by atoms with van der Waals surface area (Å²) in [4.78, 5) is 3.91. The first kappa shape index (κ1) is 20.2. The van der Waals surface area contributed by atoms with E-state index in [2.05, 4.69) is 66.2 Å². The Morgan fingerprint density at radius 2 is 1.81 bits per heavy atom. The molecule has 1 unspecified atom stereocenters. The highest BCUT2D eigenvalue weighted by molar-refractivity contribution is 8.09. The zero-order chi connectivity index (χ0) is 21.9. The van der Waals surface area contributed by atoms with Gasteiger partial charge in [0.25, 0.3) is 0 Å². The van der Waals surface area contributed by atoms with Gasteiger partial charge in [-0.2, -0.15) is 0 Å². The van der Waals surface area contributed by atoms with Crippen LogP contribution < -0.4 is 10.1 Å². The van der Waals surface area contributed by atoms with Crippen molar-refractivity contribution in [3.05, 3.63) is 71.7 Å². The fourth-order valence-electron chi connectivity index (χ4n) is 5.64. The van der Waals surface area contributed by atoms with Crippen LogP contribution in [0.25, 0.3) is 4.91 Å². The molecule has 1 saturated carbocycles. The third-order valence-electron chi connectivity index (χ3n) is 7.50. The van der Waals surface area contributed by atoms with Crippen molar-refractivity contribution in [2.24, 2.45) is 11.8 Å². The van der Waals surface area contributed by atoms with Crippen molar-refractivity contribution in [1.29, 1.82) is 0 Å². The van der Waals surface area contributed by atoms with Crippen molar-refractivity contribution in [3.63, 3.8) is 0 Å². The van der Waals surface area contributed by atoms with Crippen LogP contribution in [0, 0.1) is 29.5 Å². The summed E-state index contributed by atoms with van der Waals surface area (Å²) in [5.41, 5.74) is 2.06. The number of nitrogens with zero attached hydrogens (tertiary/aromatic N) is 1. The second-order valence-corrected chi connectivity index (χ2v) is 10.8. The summed E-state index contributed by atoms with van der Waals surface area (Å²) in [7, 11) is 0. The maximum Gasteiger partial charge on any atom is 0.186 e. The Bertz CT molecular complexity index is 1110. The third kappa shape index (κ3) is 3.24. The first-order valence-corrected chi connectivity index (χ1v) is 12.4. The van der Waals surface area contributed by atoms with Gasteiger partial charge in [0.1, 0.15) is 18.2 Å². The van der Waals surface area contributed by atoms with Gasteiger partial charge in [-0.05, 0) is 61.4 Å². The van der Waals surface area contributed by atoms with E-state index in [1.807, 2.05) is 11.8 Å². The maximum atomic E-state index is 13.3. The van der Waals surface area contributed by atoms with Gasteiger partial charge >= 0.3 is 0 Å². The quantitative estimate of drug-likeness (QED) is 0.623. The first-order valence-electron chi connectivity index (χ1n) is 11.5. The van der Waals surface area contributed by atoms with Gasteiger partial charge in [-0.25, -0.2) is 4.39 Å². The lowest BCUT2D eigenvalue weighted by Crippen LogP contribution is -2.68. The Morgan fingerprint density at radius 1 is 1.09 bits per heavy atom. The van der Waals surface area contributed by atoms with Gasteiger partial charge in [0.05, 0.1) is 11.1 Å². The van der Waals surface area contributed by atoms with Crippen molar-refractivity contribution >= 4 is 16.7 Å². The normalized spacial score (nSPS) is 31.9. The highest BCUT2D eigenvalue weighted by Gasteiger charge is 2.60. The summed E-state index contributed by atoms with van der Waals surface area (Å²) >= 11 is 1.88. The summed E-state index contributed by atoms with van der Waals surface area (Å²) in [5.74, 6) is 8.81. The fourth-order valence-corrected chi connectivity index (χ4v) is 6.77. The lowest BCUT2D eigenvalue weighted by atomic mass is 9.63. The topological polar surface area (TPSA) is 24.5 Å². The van der Waals surface area contributed by atoms with Crippen LogP contribution in [-0.2, 0) is 0 Å². The average Bonchev–Trinajstić information content (AvgIpc) is 3.48. The van der Waals surface area contributed by atoms with E-state index >= 15 is 0 Å². The van der Waals surface area contributed by atoms with E-state index in [0.29, 0.717) is 23.9 Å². The number of hydrogen-bond acceptors (Lipinski definition) is 4. The molecule has 2 saturated heterocycles. The number of piperidine rings is 2. The molecule has 3 atom stereocenters. The van der Waals surface area contributed by atoms with Crippen LogP contribution in [0.1, 0.15) is 32.3 Å². The number of fused-ring (bicyclic) bond motifs is 2. The van der Waals surface area contributed by atoms with Crippen LogP contribution in [0.15, 0.2) is 60.3 Å². The molecule has 1 N–H and O–H groups in total. The lowest BCUT2D eigenvalue weighted by Gasteiger charge is -2.59. The molecule has 3 aliphatic heterocycles. The predicted octanol–water partition coefficient (Wildman–Crippen LogP) is 5.11. The Kier molecular flexibility index (Phi) is 4.78. The van der Waals surface area contributed by atoms with Crippen molar-refractivity contribution in [3.8, 4) is 17.6 Å². The molecule has 2 aliphatic carbocycles. The standard InChI is InChI=1S/C27H27FN2OS/c1-17-20-14-22(15-20)30(24(17)16-31-23-10-8-21(28)9-11-23)27(12-13-27)26-25(32-18(2)29-26)19-6-4-3-5-7-19/h3-11,17-18,20,22,24,29H,14-16H2,1-2H3/t17-,18?,20?,22?,24+/m0/s1. The number of thioether (sulfide) groups is 1. The van der Waals surface area contributed by atoms with E-state index in [1.165, 1.54) is 41.1 Å². The van der Waals surface area contributed by atoms with Crippen LogP contribution in [0.3, 0.4) is 0 Å². The highest BCUT2D eigenvalue weighted by atomic mass is 32.2. The van der Waals surface area contributed by atoms with Gasteiger partial charge in [0.2, 0.25) is 0 Å². The molecule has 32 heavy (non-hydrogen) atoms. The zero-order valence-corrected chi connectivity index (χ0v) is 19.2. The smallest absolute Gasteiger partial charge is 0.186 e. The second-order valence-electron chi connectivity index (χ2n) is 9.42. The molecule has 2 aromatic carbocycles. The number of rotatable bonds is 6. The van der Waals surface area contributed by atoms with Crippen LogP contribution >= 0.6 is 11.8 Å². The minimum absolute atomic E-state index is 0.240. The molecule has 3 heterocycles. The first-order chi connectivity index (χ1) is 15.5. The molecule has 0 spiro atoms. The summed E-state index contributed by atoms with van der Waals surface area (Å²) < 4.78 is 19.5. The van der Waals surface area contributed by atoms with Crippen molar-refractivity contribution in [1.82, 2.24) is 10.2 Å². The lowest BCUT2D eigenvalue weighted by molar-refractivity contribution is -0.103. The minimum atomic E-state index is -0.399. The SMILES string of the molecule is CC1NC(C2(N3C4CC(C4)[C@H](C)[C@H]3COc3ccc(F)cc3)C#C2)=C(c2ccccc2)S1. The van der Waals surface area contributed by atoms with Gasteiger partial charge in [-0.15, -0.1) is 0 Å². The Labute approximate surface area is 193 Å². The van der Waals surface area contributed by atoms with E-state index in [9.17, 15) is 4.39 Å². The second kappa shape index (κ2) is 7.57. The van der Waals surface area contributed by atoms with Crippen LogP contribution in [-0.4, -0.2) is 34.5 Å². The van der Waals surface area contributed by atoms with Gasteiger partial charge in [-0.1, -0.05) is 60.9 Å². The summed E-state index contributed by atoms with van der Waals surface area (Å²) in [6, 6.07) is 17.8. The molecule has 2 aromatic rings. The Morgan fingerprint density at radius 3 is 2.50 bits per heavy atom. The van der Waals surface area contributed by atoms with Crippen molar-refractivity contribution in [2.75, 3.05) is 6.61 Å². The highest BCUT2D eigenvalue weighted by Crippen LogP contribution is 2.54. The number of halogens is 1. The molecule has 7 rings (SSSR count). The van der Waals surface area contributed by atoms with Crippen LogP contribution in [0.2, 0.25) is 0 Å². The average molecular weight is 447 g/mol. The monoisotopic (exact) mass is 446 g/mol. The van der Waals surface area contributed by atoms with E-state index in [4.69, 9.17) is 4.74 Å². The van der Waals surface area contributed by atoms with Crippen LogP contribution in [0.4, 0.5) is 4.39 Å². The summed E-state index contributed by atoms with van der Waals surface area (Å²) in [6.45, 7) is 5.15. The molecule has 2 bridgehead atoms. The Hall–Kier alpha value is -2.42. The molecule has 0 amide bonds. The van der Waals surface area contributed by atoms with Gasteiger partial charge < -0.3 is 10.1 Å². The zero-order valence-electron chi connectivity index (χ0n) is 18.3. The van der Waals surface area contributed by atoms with E-state index in [1.54, 1.807) is 12.1 Å². The van der Waals surface area contributed by atoms with Gasteiger partial charge in [-0.3, -0.25) is 4.90 Å². The van der Waals surface area contributed by atoms with Gasteiger partial charge in [0, 0.05) is 17.0 Å².